The van der Waals surface area contributed by atoms with E-state index in [4.69, 9.17) is 21.1 Å². The lowest BCUT2D eigenvalue weighted by atomic mass is 10.2. The van der Waals surface area contributed by atoms with Gasteiger partial charge in [-0.05, 0) is 37.3 Å². The van der Waals surface area contributed by atoms with E-state index in [9.17, 15) is 14.0 Å². The maximum atomic E-state index is 14.0. The van der Waals surface area contributed by atoms with E-state index < -0.39 is 17.3 Å². The van der Waals surface area contributed by atoms with Crippen LogP contribution in [0.25, 0.3) is 5.69 Å². The SMILES string of the molecule is CCOC(=O)c1nn(-c2cccc(Br)c2)c(=O)cc1OCc1c(F)cccc1Cl. The molecule has 0 amide bonds. The van der Waals surface area contributed by atoms with Gasteiger partial charge in [0.1, 0.15) is 12.4 Å². The second-order valence-electron chi connectivity index (χ2n) is 5.80. The van der Waals surface area contributed by atoms with Crippen molar-refractivity contribution in [1.29, 1.82) is 0 Å². The van der Waals surface area contributed by atoms with Gasteiger partial charge in [-0.25, -0.2) is 9.18 Å². The molecule has 0 spiro atoms. The minimum atomic E-state index is -0.772. The van der Waals surface area contributed by atoms with Crippen molar-refractivity contribution in [2.45, 2.75) is 13.5 Å². The van der Waals surface area contributed by atoms with Gasteiger partial charge in [0.05, 0.1) is 23.4 Å². The Balaban J connectivity index is 2.03. The summed E-state index contributed by atoms with van der Waals surface area (Å²) in [5.74, 6) is -1.46. The van der Waals surface area contributed by atoms with E-state index in [-0.39, 0.29) is 35.2 Å². The molecule has 29 heavy (non-hydrogen) atoms. The number of benzene rings is 2. The third-order valence-electron chi connectivity index (χ3n) is 3.85. The summed E-state index contributed by atoms with van der Waals surface area (Å²) in [6.45, 7) is 1.46. The average molecular weight is 482 g/mol. The summed E-state index contributed by atoms with van der Waals surface area (Å²) in [6.07, 6.45) is 0. The maximum Gasteiger partial charge on any atom is 0.362 e. The first-order valence-electron chi connectivity index (χ1n) is 8.54. The Kier molecular flexibility index (Phi) is 6.66. The quantitative estimate of drug-likeness (QED) is 0.483. The zero-order valence-corrected chi connectivity index (χ0v) is 17.5. The predicted octanol–water partition coefficient (Wildman–Crippen LogP) is 4.54. The summed E-state index contributed by atoms with van der Waals surface area (Å²) in [6, 6.07) is 12.2. The van der Waals surface area contributed by atoms with Crippen molar-refractivity contribution < 1.29 is 18.7 Å². The Hall–Kier alpha value is -2.71. The van der Waals surface area contributed by atoms with Crippen LogP contribution in [0.3, 0.4) is 0 Å². The highest BCUT2D eigenvalue weighted by Gasteiger charge is 2.21. The highest BCUT2D eigenvalue weighted by atomic mass is 79.9. The van der Waals surface area contributed by atoms with Crippen molar-refractivity contribution in [2.75, 3.05) is 6.61 Å². The molecule has 0 fully saturated rings. The van der Waals surface area contributed by atoms with Crippen LogP contribution in [0.15, 0.2) is 57.8 Å². The minimum absolute atomic E-state index is 0.0974. The number of ether oxygens (including phenoxy) is 2. The molecule has 0 bridgehead atoms. The fourth-order valence-corrected chi connectivity index (χ4v) is 3.11. The second kappa shape index (κ2) is 9.19. The molecular weight excluding hydrogens is 467 g/mol. The summed E-state index contributed by atoms with van der Waals surface area (Å²) in [5.41, 5.74) is -0.205. The van der Waals surface area contributed by atoms with Gasteiger partial charge in [0, 0.05) is 10.0 Å². The summed E-state index contributed by atoms with van der Waals surface area (Å²) in [4.78, 5) is 25.0. The van der Waals surface area contributed by atoms with Crippen LogP contribution in [-0.2, 0) is 11.3 Å². The normalized spacial score (nSPS) is 10.6. The number of hydrogen-bond acceptors (Lipinski definition) is 5. The number of halogens is 3. The van der Waals surface area contributed by atoms with Crippen molar-refractivity contribution in [3.8, 4) is 11.4 Å². The zero-order chi connectivity index (χ0) is 21.0. The van der Waals surface area contributed by atoms with Crippen molar-refractivity contribution >= 4 is 33.5 Å². The Morgan fingerprint density at radius 1 is 1.24 bits per heavy atom. The van der Waals surface area contributed by atoms with E-state index in [1.807, 2.05) is 0 Å². The molecule has 6 nitrogen and oxygen atoms in total. The van der Waals surface area contributed by atoms with Gasteiger partial charge in [-0.2, -0.15) is 9.78 Å². The molecule has 0 N–H and O–H groups in total. The van der Waals surface area contributed by atoms with Crippen LogP contribution >= 0.6 is 27.5 Å². The van der Waals surface area contributed by atoms with Crippen LogP contribution < -0.4 is 10.3 Å². The smallest absolute Gasteiger partial charge is 0.362 e. The number of nitrogens with zero attached hydrogens (tertiary/aromatic N) is 2. The molecule has 3 rings (SSSR count). The van der Waals surface area contributed by atoms with Gasteiger partial charge in [0.15, 0.2) is 5.75 Å². The van der Waals surface area contributed by atoms with E-state index in [1.165, 1.54) is 18.2 Å². The lowest BCUT2D eigenvalue weighted by molar-refractivity contribution is 0.0511. The molecule has 0 unspecified atom stereocenters. The molecule has 0 saturated carbocycles. The van der Waals surface area contributed by atoms with Gasteiger partial charge < -0.3 is 9.47 Å². The largest absolute Gasteiger partial charge is 0.486 e. The van der Waals surface area contributed by atoms with Crippen LogP contribution in [0.1, 0.15) is 23.0 Å². The molecule has 0 aliphatic heterocycles. The third-order valence-corrected chi connectivity index (χ3v) is 4.70. The maximum absolute atomic E-state index is 14.0. The van der Waals surface area contributed by atoms with Crippen LogP contribution in [0, 0.1) is 5.82 Å². The van der Waals surface area contributed by atoms with Crippen LogP contribution in [-0.4, -0.2) is 22.4 Å². The first kappa shape index (κ1) is 21.0. The molecular formula is C20H15BrClFN2O4. The molecule has 1 heterocycles. The molecule has 0 aliphatic carbocycles. The van der Waals surface area contributed by atoms with E-state index >= 15 is 0 Å². The minimum Gasteiger partial charge on any atom is -0.486 e. The monoisotopic (exact) mass is 480 g/mol. The van der Waals surface area contributed by atoms with E-state index in [1.54, 1.807) is 31.2 Å². The van der Waals surface area contributed by atoms with Gasteiger partial charge in [-0.15, -0.1) is 0 Å². The second-order valence-corrected chi connectivity index (χ2v) is 7.12. The van der Waals surface area contributed by atoms with Gasteiger partial charge in [-0.1, -0.05) is 39.7 Å². The molecule has 9 heteroatoms. The van der Waals surface area contributed by atoms with Crippen molar-refractivity contribution in [2.24, 2.45) is 0 Å². The van der Waals surface area contributed by atoms with Crippen LogP contribution in [0.2, 0.25) is 5.02 Å². The number of carbonyl (C=O) groups excluding carboxylic acids is 1. The van der Waals surface area contributed by atoms with Crippen molar-refractivity contribution in [3.63, 3.8) is 0 Å². The number of esters is 1. The Morgan fingerprint density at radius 3 is 2.69 bits per heavy atom. The highest BCUT2D eigenvalue weighted by Crippen LogP contribution is 2.23. The first-order valence-corrected chi connectivity index (χ1v) is 9.71. The lowest BCUT2D eigenvalue weighted by Crippen LogP contribution is -2.25. The van der Waals surface area contributed by atoms with Crippen LogP contribution in [0.4, 0.5) is 4.39 Å². The van der Waals surface area contributed by atoms with Gasteiger partial charge >= 0.3 is 5.97 Å². The Morgan fingerprint density at radius 2 is 2.00 bits per heavy atom. The molecule has 2 aromatic carbocycles. The van der Waals surface area contributed by atoms with Gasteiger partial charge in [0.2, 0.25) is 5.69 Å². The Bertz CT molecular complexity index is 1100. The molecule has 150 valence electrons. The molecule has 0 atom stereocenters. The van der Waals surface area contributed by atoms with E-state index in [2.05, 4.69) is 21.0 Å². The summed E-state index contributed by atoms with van der Waals surface area (Å²) < 4.78 is 26.3. The molecule has 0 saturated heterocycles. The van der Waals surface area contributed by atoms with Crippen LogP contribution in [0.5, 0.6) is 5.75 Å². The zero-order valence-electron chi connectivity index (χ0n) is 15.2. The van der Waals surface area contributed by atoms with Crippen molar-refractivity contribution in [3.05, 3.63) is 85.5 Å². The topological polar surface area (TPSA) is 70.4 Å². The number of aromatic nitrogens is 2. The standard InChI is InChI=1S/C20H15BrClFN2O4/c1-2-28-20(27)19-17(29-11-14-15(22)7-4-8-16(14)23)10-18(26)25(24-19)13-6-3-5-12(21)9-13/h3-10H,2,11H2,1H3. The summed E-state index contributed by atoms with van der Waals surface area (Å²) in [5, 5.41) is 4.28. The van der Waals surface area contributed by atoms with E-state index in [0.717, 1.165) is 15.2 Å². The fourth-order valence-electron chi connectivity index (χ4n) is 2.50. The van der Waals surface area contributed by atoms with E-state index in [0.29, 0.717) is 5.69 Å². The third kappa shape index (κ3) is 4.83. The number of hydrogen-bond donors (Lipinski definition) is 0. The fraction of sp³-hybridized carbons (Fsp3) is 0.150. The lowest BCUT2D eigenvalue weighted by Gasteiger charge is -2.13. The number of carbonyl (C=O) groups is 1. The number of rotatable bonds is 6. The van der Waals surface area contributed by atoms with Gasteiger partial charge in [-0.3, -0.25) is 4.79 Å². The highest BCUT2D eigenvalue weighted by molar-refractivity contribution is 9.10. The molecule has 3 aromatic rings. The van der Waals surface area contributed by atoms with Gasteiger partial charge in [0.25, 0.3) is 5.56 Å². The first-order chi connectivity index (χ1) is 13.9. The Labute approximate surface area is 179 Å². The molecule has 0 radical (unpaired) electrons. The summed E-state index contributed by atoms with van der Waals surface area (Å²) >= 11 is 9.33. The molecule has 0 aliphatic rings. The van der Waals surface area contributed by atoms with Crippen molar-refractivity contribution in [1.82, 2.24) is 9.78 Å². The predicted molar refractivity (Wildman–Crippen MR) is 109 cm³/mol. The molecule has 1 aromatic heterocycles. The average Bonchev–Trinajstić information content (AvgIpc) is 2.68. The summed E-state index contributed by atoms with van der Waals surface area (Å²) in [7, 11) is 0.